The Kier molecular flexibility index (Phi) is 8.40. The topological polar surface area (TPSA) is 161 Å². The summed E-state index contributed by atoms with van der Waals surface area (Å²) in [5.41, 5.74) is 10.5. The molecule has 4 aromatic rings. The lowest BCUT2D eigenvalue weighted by molar-refractivity contribution is -0.137. The molecule has 0 atom stereocenters. The van der Waals surface area contributed by atoms with Gasteiger partial charge in [-0.3, -0.25) is 9.59 Å². The molecular weight excluding hydrogens is 500 g/mol. The van der Waals surface area contributed by atoms with Crippen LogP contribution in [-0.2, 0) is 33.8 Å². The molecule has 0 aliphatic rings. The van der Waals surface area contributed by atoms with Gasteiger partial charge in [0, 0.05) is 30.5 Å². The maximum atomic E-state index is 11.9. The number of ether oxygens (including phenoxy) is 1. The van der Waals surface area contributed by atoms with E-state index in [9.17, 15) is 19.5 Å². The third-order valence-corrected chi connectivity index (χ3v) is 6.06. The normalized spacial score (nSPS) is 10.9. The molecule has 39 heavy (non-hydrogen) atoms. The zero-order valence-corrected chi connectivity index (χ0v) is 21.6. The Hall–Kier alpha value is -4.93. The Morgan fingerprint density at radius 3 is 2.49 bits per heavy atom. The van der Waals surface area contributed by atoms with Crippen LogP contribution in [0, 0.1) is 0 Å². The summed E-state index contributed by atoms with van der Waals surface area (Å²) in [6.07, 6.45) is -0.399. The summed E-state index contributed by atoms with van der Waals surface area (Å²) in [5.74, 6) is -0.280. The third-order valence-electron chi connectivity index (χ3n) is 6.06. The van der Waals surface area contributed by atoms with Crippen LogP contribution in [0.25, 0.3) is 21.9 Å². The fourth-order valence-electron chi connectivity index (χ4n) is 4.11. The number of benzene rings is 2. The number of fused-ring (bicyclic) bond motifs is 3. The Bertz CT molecular complexity index is 1540. The number of aromatic nitrogens is 3. The van der Waals surface area contributed by atoms with Crippen LogP contribution in [0.3, 0.4) is 0 Å². The van der Waals surface area contributed by atoms with Gasteiger partial charge in [-0.2, -0.15) is 0 Å². The quantitative estimate of drug-likeness (QED) is 0.170. The molecule has 2 heterocycles. The number of alkyl carbamates (subject to hydrolysis) is 1. The number of hydrogen-bond donors (Lipinski definition) is 4. The van der Waals surface area contributed by atoms with Crippen LogP contribution in [-0.4, -0.2) is 50.8 Å². The number of nitrogen functional groups attached to an aromatic ring is 1. The molecule has 4 rings (SSSR count). The van der Waals surface area contributed by atoms with E-state index < -0.39 is 12.1 Å². The van der Waals surface area contributed by atoms with E-state index in [-0.39, 0.29) is 38.4 Å². The van der Waals surface area contributed by atoms with Crippen LogP contribution < -0.4 is 16.4 Å². The summed E-state index contributed by atoms with van der Waals surface area (Å²) in [6.45, 7) is 6.09. The zero-order chi connectivity index (χ0) is 27.9. The average Bonchev–Trinajstić information content (AvgIpc) is 3.28. The second-order valence-corrected chi connectivity index (χ2v) is 9.06. The molecule has 0 saturated heterocycles. The van der Waals surface area contributed by atoms with Crippen LogP contribution in [0.5, 0.6) is 0 Å². The van der Waals surface area contributed by atoms with Crippen molar-refractivity contribution in [2.45, 2.75) is 32.9 Å². The summed E-state index contributed by atoms with van der Waals surface area (Å²) in [5, 5.41) is 15.4. The predicted octanol–water partition coefficient (Wildman–Crippen LogP) is 3.15. The van der Waals surface area contributed by atoms with Gasteiger partial charge < -0.3 is 30.8 Å². The highest BCUT2D eigenvalue weighted by Gasteiger charge is 2.18. The molecule has 0 radical (unpaired) electrons. The molecular formula is C28H30N6O5. The molecule has 11 nitrogen and oxygen atoms in total. The van der Waals surface area contributed by atoms with E-state index in [0.29, 0.717) is 29.3 Å². The first-order valence-electron chi connectivity index (χ1n) is 12.4. The van der Waals surface area contributed by atoms with Crippen molar-refractivity contribution in [2.75, 3.05) is 18.9 Å². The van der Waals surface area contributed by atoms with Crippen molar-refractivity contribution in [3.8, 4) is 0 Å². The molecule has 2 aromatic carbocycles. The molecule has 0 fully saturated rings. The minimum Gasteiger partial charge on any atom is -0.481 e. The lowest BCUT2D eigenvalue weighted by Crippen LogP contribution is -2.31. The average molecular weight is 531 g/mol. The van der Waals surface area contributed by atoms with E-state index in [1.54, 1.807) is 6.92 Å². The molecule has 0 aliphatic carbocycles. The first kappa shape index (κ1) is 27.1. The van der Waals surface area contributed by atoms with Crippen molar-refractivity contribution in [1.82, 2.24) is 25.2 Å². The number of nitrogens with two attached hydrogens (primary N) is 1. The molecule has 202 valence electrons. The fourth-order valence-corrected chi connectivity index (χ4v) is 4.11. The number of nitrogens with zero attached hydrogens (tertiary/aromatic N) is 3. The molecule has 11 heteroatoms. The monoisotopic (exact) mass is 530 g/mol. The maximum Gasteiger partial charge on any atom is 0.407 e. The first-order valence-corrected chi connectivity index (χ1v) is 12.4. The number of hydrogen-bond acceptors (Lipinski definition) is 7. The van der Waals surface area contributed by atoms with Gasteiger partial charge in [0.1, 0.15) is 17.9 Å². The number of carboxylic acids is 1. The van der Waals surface area contributed by atoms with Gasteiger partial charge in [-0.25, -0.2) is 14.8 Å². The van der Waals surface area contributed by atoms with Crippen LogP contribution >= 0.6 is 0 Å². The summed E-state index contributed by atoms with van der Waals surface area (Å²) in [6, 6.07) is 15.3. The smallest absolute Gasteiger partial charge is 0.407 e. The second kappa shape index (κ2) is 12.1. The number of aliphatic carboxylic acids is 1. The molecule has 0 bridgehead atoms. The molecule has 0 spiro atoms. The second-order valence-electron chi connectivity index (χ2n) is 9.06. The predicted molar refractivity (Wildman–Crippen MR) is 147 cm³/mol. The molecule has 2 amide bonds. The van der Waals surface area contributed by atoms with E-state index in [4.69, 9.17) is 10.5 Å². The van der Waals surface area contributed by atoms with Crippen molar-refractivity contribution in [3.05, 3.63) is 77.6 Å². The van der Waals surface area contributed by atoms with Crippen LogP contribution in [0.4, 0.5) is 10.6 Å². The number of aryl methyl sites for hydroxylation is 1. The highest BCUT2D eigenvalue weighted by molar-refractivity contribution is 6.06. The van der Waals surface area contributed by atoms with E-state index in [0.717, 1.165) is 27.5 Å². The number of para-hydroxylation sites is 1. The first-order chi connectivity index (χ1) is 18.7. The van der Waals surface area contributed by atoms with Gasteiger partial charge in [0.25, 0.3) is 0 Å². The molecule has 0 aliphatic heterocycles. The van der Waals surface area contributed by atoms with Crippen LogP contribution in [0.2, 0.25) is 0 Å². The third kappa shape index (κ3) is 6.69. The SMILES string of the molecule is C=C(C)C(=O)NCCOC(=O)NCc1ccc(Cn2c(CCC(=O)O)nc3c(N)nc4ccccc4c32)cc1. The van der Waals surface area contributed by atoms with Crippen LogP contribution in [0.15, 0.2) is 60.7 Å². The minimum absolute atomic E-state index is 0.0432. The van der Waals surface area contributed by atoms with Gasteiger partial charge in [-0.05, 0) is 24.1 Å². The number of rotatable bonds is 11. The van der Waals surface area contributed by atoms with E-state index in [2.05, 4.69) is 27.2 Å². The molecule has 5 N–H and O–H groups in total. The number of anilines is 1. The summed E-state index contributed by atoms with van der Waals surface area (Å²) in [4.78, 5) is 43.8. The standard InChI is InChI=1S/C28H30N6O5/c1-17(2)27(37)30-13-14-39-28(38)31-15-18-7-9-19(10-8-18)16-34-22(11-12-23(35)36)33-24-25(34)20-5-3-4-6-21(20)32-26(24)29/h3-10H,1,11-16H2,2H3,(H2,29,32)(H,30,37)(H,31,38)(H,35,36). The van der Waals surface area contributed by atoms with Crippen molar-refractivity contribution < 1.29 is 24.2 Å². The molecule has 0 unspecified atom stereocenters. The van der Waals surface area contributed by atoms with Crippen molar-refractivity contribution in [1.29, 1.82) is 0 Å². The number of carbonyl (C=O) groups is 3. The summed E-state index contributed by atoms with van der Waals surface area (Å²) in [7, 11) is 0. The number of nitrogens with one attached hydrogen (secondary N) is 2. The van der Waals surface area contributed by atoms with Crippen LogP contribution in [0.1, 0.15) is 30.3 Å². The largest absolute Gasteiger partial charge is 0.481 e. The van der Waals surface area contributed by atoms with Gasteiger partial charge in [-0.1, -0.05) is 49.0 Å². The number of carbonyl (C=O) groups excluding carboxylic acids is 2. The van der Waals surface area contributed by atoms with E-state index in [1.807, 2.05) is 53.1 Å². The van der Waals surface area contributed by atoms with Gasteiger partial charge in [-0.15, -0.1) is 0 Å². The van der Waals surface area contributed by atoms with Gasteiger partial charge in [0.2, 0.25) is 5.91 Å². The minimum atomic E-state index is -0.906. The molecule has 0 saturated carbocycles. The number of pyridine rings is 1. The Morgan fingerprint density at radius 2 is 1.77 bits per heavy atom. The lowest BCUT2D eigenvalue weighted by Gasteiger charge is -2.12. The maximum absolute atomic E-state index is 11.9. The number of imidazole rings is 1. The van der Waals surface area contributed by atoms with Crippen molar-refractivity contribution in [2.24, 2.45) is 0 Å². The van der Waals surface area contributed by atoms with Gasteiger partial charge >= 0.3 is 12.1 Å². The molecule has 2 aromatic heterocycles. The Balaban J connectivity index is 1.46. The summed E-state index contributed by atoms with van der Waals surface area (Å²) < 4.78 is 7.06. The highest BCUT2D eigenvalue weighted by Crippen LogP contribution is 2.30. The summed E-state index contributed by atoms with van der Waals surface area (Å²) >= 11 is 0. The zero-order valence-electron chi connectivity index (χ0n) is 21.6. The van der Waals surface area contributed by atoms with E-state index in [1.165, 1.54) is 0 Å². The fraction of sp³-hybridized carbons (Fsp3) is 0.250. The Morgan fingerprint density at radius 1 is 1.05 bits per heavy atom. The Labute approximate surface area is 224 Å². The van der Waals surface area contributed by atoms with Crippen molar-refractivity contribution >= 4 is 45.7 Å². The lowest BCUT2D eigenvalue weighted by atomic mass is 10.1. The van der Waals surface area contributed by atoms with Crippen molar-refractivity contribution in [3.63, 3.8) is 0 Å². The number of carboxylic acid groups (broad SMARTS) is 1. The highest BCUT2D eigenvalue weighted by atomic mass is 16.5. The van der Waals surface area contributed by atoms with Gasteiger partial charge in [0.15, 0.2) is 5.82 Å². The van der Waals surface area contributed by atoms with E-state index >= 15 is 0 Å². The van der Waals surface area contributed by atoms with Gasteiger partial charge in [0.05, 0.1) is 24.0 Å². The number of amides is 2.